The number of aromatic nitrogens is 1. The first-order valence-corrected chi connectivity index (χ1v) is 9.73. The fourth-order valence-electron chi connectivity index (χ4n) is 4.21. The molecule has 3 heterocycles. The second-order valence-corrected chi connectivity index (χ2v) is 7.74. The number of hydrogen-bond acceptors (Lipinski definition) is 5. The molecule has 2 aliphatic rings. The lowest BCUT2D eigenvalue weighted by Crippen LogP contribution is -2.29. The lowest BCUT2D eigenvalue weighted by molar-refractivity contribution is -0.116. The van der Waals surface area contributed by atoms with Crippen LogP contribution in [0.2, 0.25) is 0 Å². The number of ketones is 1. The number of carbonyl (C=O) groups excluding carboxylic acids is 1. The molecule has 0 radical (unpaired) electrons. The van der Waals surface area contributed by atoms with Crippen molar-refractivity contribution in [2.75, 3.05) is 5.32 Å². The Bertz CT molecular complexity index is 1000. The van der Waals surface area contributed by atoms with Gasteiger partial charge in [-0.2, -0.15) is 11.3 Å². The minimum atomic E-state index is -0.0806. The monoisotopic (exact) mass is 362 g/mol. The Morgan fingerprint density at radius 1 is 1.15 bits per heavy atom. The third-order valence-electron chi connectivity index (χ3n) is 5.41. The Kier molecular flexibility index (Phi) is 3.57. The fourth-order valence-corrected chi connectivity index (χ4v) is 4.89. The summed E-state index contributed by atoms with van der Waals surface area (Å²) in [4.78, 5) is 13.2. The normalized spacial score (nSPS) is 22.0. The van der Waals surface area contributed by atoms with Crippen LogP contribution >= 0.6 is 11.3 Å². The van der Waals surface area contributed by atoms with E-state index in [9.17, 15) is 4.79 Å². The molecular formula is C21H18N2O2S. The van der Waals surface area contributed by atoms with Crippen molar-refractivity contribution in [3.8, 4) is 0 Å². The molecule has 5 rings (SSSR count). The van der Waals surface area contributed by atoms with E-state index in [1.165, 1.54) is 5.56 Å². The first-order valence-electron chi connectivity index (χ1n) is 8.79. The topological polar surface area (TPSA) is 55.1 Å². The largest absolute Gasteiger partial charge is 0.338 e. The van der Waals surface area contributed by atoms with Gasteiger partial charge < -0.3 is 9.84 Å². The van der Waals surface area contributed by atoms with Gasteiger partial charge in [0.25, 0.3) is 0 Å². The molecular weight excluding hydrogens is 344 g/mol. The lowest BCUT2D eigenvalue weighted by atomic mass is 9.73. The summed E-state index contributed by atoms with van der Waals surface area (Å²) in [6.45, 7) is 1.94. The van der Waals surface area contributed by atoms with E-state index >= 15 is 0 Å². The van der Waals surface area contributed by atoms with Crippen molar-refractivity contribution >= 4 is 23.0 Å². The highest BCUT2D eigenvalue weighted by molar-refractivity contribution is 7.08. The summed E-state index contributed by atoms with van der Waals surface area (Å²) in [5, 5.41) is 11.7. The first-order chi connectivity index (χ1) is 12.7. The number of allylic oxidation sites excluding steroid dienone is 2. The van der Waals surface area contributed by atoms with Crippen LogP contribution in [-0.4, -0.2) is 10.9 Å². The second kappa shape index (κ2) is 5.95. The average Bonchev–Trinajstić information content (AvgIpc) is 3.31. The zero-order chi connectivity index (χ0) is 17.7. The molecule has 0 fully saturated rings. The zero-order valence-electron chi connectivity index (χ0n) is 14.4. The second-order valence-electron chi connectivity index (χ2n) is 6.96. The molecule has 0 saturated carbocycles. The van der Waals surface area contributed by atoms with E-state index in [0.29, 0.717) is 12.3 Å². The van der Waals surface area contributed by atoms with Gasteiger partial charge in [0.1, 0.15) is 0 Å². The lowest BCUT2D eigenvalue weighted by Gasteiger charge is -2.34. The predicted molar refractivity (Wildman–Crippen MR) is 101 cm³/mol. The van der Waals surface area contributed by atoms with Gasteiger partial charge in [0.05, 0.1) is 11.3 Å². The number of carbonyl (C=O) groups is 1. The summed E-state index contributed by atoms with van der Waals surface area (Å²) in [7, 11) is 0. The highest BCUT2D eigenvalue weighted by atomic mass is 32.1. The van der Waals surface area contributed by atoms with E-state index in [0.717, 1.165) is 34.5 Å². The maximum absolute atomic E-state index is 13.2. The Morgan fingerprint density at radius 3 is 2.77 bits per heavy atom. The van der Waals surface area contributed by atoms with Gasteiger partial charge in [-0.25, -0.2) is 0 Å². The molecule has 130 valence electrons. The van der Waals surface area contributed by atoms with Crippen molar-refractivity contribution in [1.82, 2.24) is 5.16 Å². The summed E-state index contributed by atoms with van der Waals surface area (Å²) in [5.41, 5.74) is 6.05. The number of fused-ring (bicyclic) bond motifs is 1. The number of Topliss-reactive ketones (excluding diaryl/α,β-unsaturated/α-hetero) is 1. The van der Waals surface area contributed by atoms with E-state index < -0.39 is 0 Å². The van der Waals surface area contributed by atoms with E-state index in [2.05, 4.69) is 39.4 Å². The molecule has 1 aromatic carbocycles. The molecule has 0 spiro atoms. The minimum Gasteiger partial charge on any atom is -0.338 e. The van der Waals surface area contributed by atoms with Crippen LogP contribution in [0.5, 0.6) is 0 Å². The zero-order valence-corrected chi connectivity index (χ0v) is 15.2. The molecule has 1 aliphatic heterocycles. The number of anilines is 1. The third kappa shape index (κ3) is 2.35. The van der Waals surface area contributed by atoms with Gasteiger partial charge >= 0.3 is 0 Å². The molecule has 26 heavy (non-hydrogen) atoms. The highest BCUT2D eigenvalue weighted by Crippen LogP contribution is 2.49. The van der Waals surface area contributed by atoms with Gasteiger partial charge in [0.2, 0.25) is 5.88 Å². The maximum Gasteiger partial charge on any atom is 0.233 e. The van der Waals surface area contributed by atoms with Crippen molar-refractivity contribution in [1.29, 1.82) is 0 Å². The van der Waals surface area contributed by atoms with Gasteiger partial charge in [0, 0.05) is 23.6 Å². The van der Waals surface area contributed by atoms with Crippen LogP contribution in [0.15, 0.2) is 63.0 Å². The molecule has 4 nitrogen and oxygen atoms in total. The van der Waals surface area contributed by atoms with E-state index in [4.69, 9.17) is 4.52 Å². The molecule has 0 amide bonds. The molecule has 2 atom stereocenters. The maximum atomic E-state index is 13.2. The van der Waals surface area contributed by atoms with Crippen molar-refractivity contribution < 1.29 is 9.32 Å². The van der Waals surface area contributed by atoms with Crippen LogP contribution < -0.4 is 5.32 Å². The molecule has 3 aromatic rings. The number of rotatable bonds is 2. The number of hydrogen-bond donors (Lipinski definition) is 1. The van der Waals surface area contributed by atoms with Gasteiger partial charge in [-0.1, -0.05) is 35.5 Å². The molecule has 0 bridgehead atoms. The van der Waals surface area contributed by atoms with Gasteiger partial charge in [0.15, 0.2) is 5.78 Å². The quantitative estimate of drug-likeness (QED) is 0.697. The summed E-state index contributed by atoms with van der Waals surface area (Å²) >= 11 is 1.65. The SMILES string of the molecule is Cc1noc2c1C(c1ccsc1)C1=C(CC(c3ccccc3)CC1=O)N2. The molecule has 5 heteroatoms. The third-order valence-corrected chi connectivity index (χ3v) is 6.11. The van der Waals surface area contributed by atoms with Crippen LogP contribution in [0.4, 0.5) is 5.88 Å². The summed E-state index contributed by atoms with van der Waals surface area (Å²) in [5.74, 6) is 1.01. The number of aryl methyl sites for hydroxylation is 1. The number of nitrogens with zero attached hydrogens (tertiary/aromatic N) is 1. The molecule has 2 aromatic heterocycles. The number of nitrogens with one attached hydrogen (secondary N) is 1. The van der Waals surface area contributed by atoms with E-state index in [1.807, 2.05) is 25.1 Å². The van der Waals surface area contributed by atoms with Crippen LogP contribution in [0.25, 0.3) is 0 Å². The Morgan fingerprint density at radius 2 is 2.00 bits per heavy atom. The van der Waals surface area contributed by atoms with Gasteiger partial charge in [-0.3, -0.25) is 4.79 Å². The Labute approximate surface area is 155 Å². The van der Waals surface area contributed by atoms with Crippen LogP contribution in [0.1, 0.15) is 47.1 Å². The summed E-state index contributed by atoms with van der Waals surface area (Å²) in [6, 6.07) is 12.4. The van der Waals surface area contributed by atoms with Gasteiger partial charge in [-0.05, 0) is 47.2 Å². The summed E-state index contributed by atoms with van der Waals surface area (Å²) < 4.78 is 5.54. The number of benzene rings is 1. The highest BCUT2D eigenvalue weighted by Gasteiger charge is 2.41. The van der Waals surface area contributed by atoms with Crippen LogP contribution in [0.3, 0.4) is 0 Å². The smallest absolute Gasteiger partial charge is 0.233 e. The van der Waals surface area contributed by atoms with Crippen molar-refractivity contribution in [2.45, 2.75) is 31.6 Å². The summed E-state index contributed by atoms with van der Waals surface area (Å²) in [6.07, 6.45) is 1.36. The van der Waals surface area contributed by atoms with Crippen LogP contribution in [-0.2, 0) is 4.79 Å². The van der Waals surface area contributed by atoms with Crippen molar-refractivity contribution in [3.05, 3.63) is 80.8 Å². The molecule has 1 aliphatic carbocycles. The Balaban J connectivity index is 1.62. The predicted octanol–water partition coefficient (Wildman–Crippen LogP) is 5.00. The minimum absolute atomic E-state index is 0.0806. The van der Waals surface area contributed by atoms with Crippen molar-refractivity contribution in [2.24, 2.45) is 0 Å². The standard InChI is InChI=1S/C21H18N2O2S/c1-12-18-19(14-7-8-26-11-14)20-16(22-21(18)25-23-12)9-15(10-17(20)24)13-5-3-2-4-6-13/h2-8,11,15,19,22H,9-10H2,1H3. The van der Waals surface area contributed by atoms with Crippen LogP contribution in [0, 0.1) is 6.92 Å². The first kappa shape index (κ1) is 15.6. The number of thiophene rings is 1. The van der Waals surface area contributed by atoms with E-state index in [-0.39, 0.29) is 17.6 Å². The van der Waals surface area contributed by atoms with E-state index in [1.54, 1.807) is 11.3 Å². The molecule has 0 saturated heterocycles. The molecule has 1 N–H and O–H groups in total. The molecule has 2 unspecified atom stereocenters. The van der Waals surface area contributed by atoms with Crippen molar-refractivity contribution in [3.63, 3.8) is 0 Å². The Hall–Kier alpha value is -2.66. The van der Waals surface area contributed by atoms with Gasteiger partial charge in [-0.15, -0.1) is 0 Å². The fraction of sp³-hybridized carbons (Fsp3) is 0.238. The average molecular weight is 362 g/mol.